The first kappa shape index (κ1) is 13.1. The maximum Gasteiger partial charge on any atom is 0.220 e. The molecule has 1 aliphatic carbocycles. The number of carbonyl (C=O) groups is 1. The third-order valence-electron chi connectivity index (χ3n) is 4.06. The first-order valence-electron chi connectivity index (χ1n) is 7.35. The van der Waals surface area contributed by atoms with Crippen molar-refractivity contribution in [3.05, 3.63) is 30.5 Å². The number of fused-ring (bicyclic) bond motifs is 1. The molecule has 0 aromatic carbocycles. The number of amides is 1. The van der Waals surface area contributed by atoms with E-state index in [2.05, 4.69) is 15.3 Å². The first-order valence-corrected chi connectivity index (χ1v) is 7.35. The molecule has 0 unspecified atom stereocenters. The monoisotopic (exact) mass is 272 g/mol. The summed E-state index contributed by atoms with van der Waals surface area (Å²) in [5, 5.41) is 3.00. The Morgan fingerprint density at radius 1 is 1.30 bits per heavy atom. The minimum atomic E-state index is 0.154. The summed E-state index contributed by atoms with van der Waals surface area (Å²) in [6.45, 7) is 0.525. The zero-order chi connectivity index (χ0) is 13.8. The fourth-order valence-corrected chi connectivity index (χ4v) is 2.94. The second kappa shape index (κ2) is 6.03. The van der Waals surface area contributed by atoms with Gasteiger partial charge in [0.1, 0.15) is 0 Å². The van der Waals surface area contributed by atoms with Gasteiger partial charge in [-0.05, 0) is 18.8 Å². The molecule has 0 aliphatic heterocycles. The predicted octanol–water partition coefficient (Wildman–Crippen LogP) is 2.32. The van der Waals surface area contributed by atoms with Crippen molar-refractivity contribution in [3.8, 4) is 0 Å². The van der Waals surface area contributed by atoms with E-state index in [0.29, 0.717) is 18.9 Å². The topological polar surface area (TPSA) is 59.3 Å². The van der Waals surface area contributed by atoms with Crippen LogP contribution in [0, 0.1) is 5.92 Å². The van der Waals surface area contributed by atoms with Crippen molar-refractivity contribution in [2.75, 3.05) is 0 Å². The van der Waals surface area contributed by atoms with Crippen molar-refractivity contribution in [3.63, 3.8) is 0 Å². The molecule has 0 bridgehead atoms. The summed E-state index contributed by atoms with van der Waals surface area (Å²) in [5.74, 6) is 0.732. The zero-order valence-electron chi connectivity index (χ0n) is 11.6. The number of imidazole rings is 1. The molecular weight excluding hydrogens is 252 g/mol. The lowest BCUT2D eigenvalue weighted by Gasteiger charge is -2.20. The van der Waals surface area contributed by atoms with Gasteiger partial charge in [0.2, 0.25) is 5.91 Å². The van der Waals surface area contributed by atoms with E-state index in [1.807, 2.05) is 10.6 Å². The second-order valence-electron chi connectivity index (χ2n) is 5.54. The summed E-state index contributed by atoms with van der Waals surface area (Å²) < 4.78 is 1.95. The molecule has 0 saturated heterocycles. The third-order valence-corrected chi connectivity index (χ3v) is 4.06. The molecule has 2 aromatic rings. The maximum absolute atomic E-state index is 12.0. The van der Waals surface area contributed by atoms with Gasteiger partial charge in [-0.15, -0.1) is 0 Å². The Balaban J connectivity index is 1.54. The van der Waals surface area contributed by atoms with Crippen LogP contribution in [0.2, 0.25) is 0 Å². The van der Waals surface area contributed by atoms with Crippen LogP contribution >= 0.6 is 0 Å². The van der Waals surface area contributed by atoms with E-state index in [1.54, 1.807) is 18.6 Å². The molecule has 20 heavy (non-hydrogen) atoms. The summed E-state index contributed by atoms with van der Waals surface area (Å²) in [4.78, 5) is 20.3. The second-order valence-corrected chi connectivity index (χ2v) is 5.54. The number of hydrogen-bond donors (Lipinski definition) is 1. The Bertz CT molecular complexity index is 586. The van der Waals surface area contributed by atoms with Gasteiger partial charge in [0, 0.05) is 18.8 Å². The third kappa shape index (κ3) is 2.98. The maximum atomic E-state index is 12.0. The van der Waals surface area contributed by atoms with Crippen LogP contribution < -0.4 is 5.32 Å². The minimum Gasteiger partial charge on any atom is -0.350 e. The number of rotatable bonds is 4. The molecule has 3 rings (SSSR count). The van der Waals surface area contributed by atoms with E-state index in [9.17, 15) is 4.79 Å². The molecule has 1 fully saturated rings. The highest BCUT2D eigenvalue weighted by molar-refractivity contribution is 5.76. The van der Waals surface area contributed by atoms with Gasteiger partial charge in [0.05, 0.1) is 24.6 Å². The summed E-state index contributed by atoms with van der Waals surface area (Å²) in [6, 6.07) is 0. The van der Waals surface area contributed by atoms with Gasteiger partial charge in [0.25, 0.3) is 0 Å². The van der Waals surface area contributed by atoms with Crippen LogP contribution in [0.5, 0.6) is 0 Å². The fraction of sp³-hybridized carbons (Fsp3) is 0.533. The van der Waals surface area contributed by atoms with Gasteiger partial charge < -0.3 is 5.32 Å². The Hall–Kier alpha value is -1.91. The van der Waals surface area contributed by atoms with Crippen LogP contribution in [0.3, 0.4) is 0 Å². The normalized spacial score (nSPS) is 16.4. The van der Waals surface area contributed by atoms with Crippen LogP contribution in [0.4, 0.5) is 0 Å². The van der Waals surface area contributed by atoms with Gasteiger partial charge in [-0.25, -0.2) is 4.98 Å². The van der Waals surface area contributed by atoms with Gasteiger partial charge in [-0.2, -0.15) is 0 Å². The molecule has 2 aromatic heterocycles. The molecule has 5 nitrogen and oxygen atoms in total. The van der Waals surface area contributed by atoms with Crippen molar-refractivity contribution < 1.29 is 4.79 Å². The van der Waals surface area contributed by atoms with Crippen LogP contribution in [-0.2, 0) is 11.3 Å². The lowest BCUT2D eigenvalue weighted by atomic mass is 9.87. The molecule has 1 aliphatic rings. The van der Waals surface area contributed by atoms with E-state index >= 15 is 0 Å². The highest BCUT2D eigenvalue weighted by Gasteiger charge is 2.17. The SMILES string of the molecule is O=C(CC1CCCCC1)NCc1cnc2cnccn12. The zero-order valence-corrected chi connectivity index (χ0v) is 11.6. The summed E-state index contributed by atoms with van der Waals surface area (Å²) in [7, 11) is 0. The average molecular weight is 272 g/mol. The van der Waals surface area contributed by atoms with Crippen molar-refractivity contribution in [1.29, 1.82) is 0 Å². The molecular formula is C15H20N4O. The van der Waals surface area contributed by atoms with E-state index in [0.717, 1.165) is 11.3 Å². The van der Waals surface area contributed by atoms with Gasteiger partial charge in [-0.1, -0.05) is 19.3 Å². The Morgan fingerprint density at radius 3 is 3.00 bits per heavy atom. The van der Waals surface area contributed by atoms with Gasteiger partial charge >= 0.3 is 0 Å². The summed E-state index contributed by atoms with van der Waals surface area (Å²) in [6.07, 6.45) is 14.0. The first-order chi connectivity index (χ1) is 9.83. The highest BCUT2D eigenvalue weighted by Crippen LogP contribution is 2.26. The quantitative estimate of drug-likeness (QED) is 0.929. The van der Waals surface area contributed by atoms with Crippen LogP contribution in [0.15, 0.2) is 24.8 Å². The molecule has 1 saturated carbocycles. The summed E-state index contributed by atoms with van der Waals surface area (Å²) in [5.41, 5.74) is 1.79. The Labute approximate surface area is 118 Å². The molecule has 1 N–H and O–H groups in total. The summed E-state index contributed by atoms with van der Waals surface area (Å²) >= 11 is 0. The Morgan fingerprint density at radius 2 is 2.15 bits per heavy atom. The van der Waals surface area contributed by atoms with E-state index in [1.165, 1.54) is 32.1 Å². The Kier molecular flexibility index (Phi) is 3.95. The number of nitrogens with one attached hydrogen (secondary N) is 1. The molecule has 106 valence electrons. The lowest BCUT2D eigenvalue weighted by molar-refractivity contribution is -0.122. The molecule has 2 heterocycles. The van der Waals surface area contributed by atoms with Gasteiger partial charge in [0.15, 0.2) is 5.65 Å². The van der Waals surface area contributed by atoms with Crippen LogP contribution in [0.25, 0.3) is 5.65 Å². The predicted molar refractivity (Wildman–Crippen MR) is 76.0 cm³/mol. The number of aromatic nitrogens is 3. The van der Waals surface area contributed by atoms with Crippen LogP contribution in [0.1, 0.15) is 44.2 Å². The van der Waals surface area contributed by atoms with Crippen molar-refractivity contribution >= 4 is 11.6 Å². The van der Waals surface area contributed by atoms with E-state index < -0.39 is 0 Å². The number of hydrogen-bond acceptors (Lipinski definition) is 3. The van der Waals surface area contributed by atoms with Crippen molar-refractivity contribution in [2.24, 2.45) is 5.92 Å². The standard InChI is InChI=1S/C15H20N4O/c20-15(8-12-4-2-1-3-5-12)18-10-13-9-17-14-11-16-6-7-19(13)14/h6-7,9,11-12H,1-5,8,10H2,(H,18,20). The minimum absolute atomic E-state index is 0.154. The van der Waals surface area contributed by atoms with E-state index in [-0.39, 0.29) is 5.91 Å². The fourth-order valence-electron chi connectivity index (χ4n) is 2.94. The van der Waals surface area contributed by atoms with E-state index in [4.69, 9.17) is 0 Å². The molecule has 1 amide bonds. The van der Waals surface area contributed by atoms with Crippen LogP contribution in [-0.4, -0.2) is 20.3 Å². The number of nitrogens with zero attached hydrogens (tertiary/aromatic N) is 3. The smallest absolute Gasteiger partial charge is 0.220 e. The highest BCUT2D eigenvalue weighted by atomic mass is 16.1. The largest absolute Gasteiger partial charge is 0.350 e. The molecule has 0 radical (unpaired) electrons. The molecule has 5 heteroatoms. The molecule has 0 spiro atoms. The molecule has 0 atom stereocenters. The van der Waals surface area contributed by atoms with Gasteiger partial charge in [-0.3, -0.25) is 14.2 Å². The van der Waals surface area contributed by atoms with Crippen molar-refractivity contribution in [1.82, 2.24) is 19.7 Å². The average Bonchev–Trinajstić information content (AvgIpc) is 2.89. The number of carbonyl (C=O) groups excluding carboxylic acids is 1. The lowest BCUT2D eigenvalue weighted by Crippen LogP contribution is -2.26. The van der Waals surface area contributed by atoms with Crippen molar-refractivity contribution in [2.45, 2.75) is 45.1 Å².